The summed E-state index contributed by atoms with van der Waals surface area (Å²) in [6, 6.07) is 11.2. The Morgan fingerprint density at radius 1 is 1.27 bits per heavy atom. The lowest BCUT2D eigenvalue weighted by atomic mass is 10.2. The number of halogens is 1. The van der Waals surface area contributed by atoms with Gasteiger partial charge in [0, 0.05) is 16.3 Å². The molecule has 0 spiro atoms. The molecule has 4 nitrogen and oxygen atoms in total. The molecular weight excluding hydrogens is 320 g/mol. The lowest BCUT2D eigenvalue weighted by molar-refractivity contribution is 0.0959. The molecule has 3 aromatic rings. The van der Waals surface area contributed by atoms with Gasteiger partial charge in [0.1, 0.15) is 10.6 Å². The van der Waals surface area contributed by atoms with Crippen LogP contribution in [0.2, 0.25) is 5.02 Å². The van der Waals surface area contributed by atoms with Gasteiger partial charge in [0.2, 0.25) is 0 Å². The first kappa shape index (κ1) is 14.6. The van der Waals surface area contributed by atoms with E-state index < -0.39 is 0 Å². The van der Waals surface area contributed by atoms with Gasteiger partial charge in [0.25, 0.3) is 5.91 Å². The van der Waals surface area contributed by atoms with Gasteiger partial charge in [0.05, 0.1) is 11.3 Å². The van der Waals surface area contributed by atoms with E-state index in [1.165, 1.54) is 17.6 Å². The van der Waals surface area contributed by atoms with Crippen molar-refractivity contribution in [2.45, 2.75) is 0 Å². The number of fused-ring (bicyclic) bond motifs is 1. The standard InChI is InChI=1S/C16H11ClN2O2S/c17-14-12-7-1-2-8-13(12)22-15(14)16(20)19-18-9-3-5-11-6-4-10-21-11/h1-10H,(H,19,20)/b5-3+,18-9+. The summed E-state index contributed by atoms with van der Waals surface area (Å²) in [6.45, 7) is 0. The molecule has 0 atom stereocenters. The van der Waals surface area contributed by atoms with Crippen molar-refractivity contribution in [2.75, 3.05) is 0 Å². The molecule has 0 aliphatic heterocycles. The lowest BCUT2D eigenvalue weighted by Gasteiger charge is -1.95. The molecule has 0 fully saturated rings. The van der Waals surface area contributed by atoms with Crippen molar-refractivity contribution >= 4 is 51.2 Å². The summed E-state index contributed by atoms with van der Waals surface area (Å²) >= 11 is 7.57. The zero-order chi connectivity index (χ0) is 15.4. The molecule has 3 rings (SSSR count). The van der Waals surface area contributed by atoms with Crippen LogP contribution in [-0.4, -0.2) is 12.1 Å². The van der Waals surface area contributed by atoms with Crippen LogP contribution in [0.15, 0.2) is 58.3 Å². The quantitative estimate of drug-likeness (QED) is 0.562. The van der Waals surface area contributed by atoms with Crippen LogP contribution in [0.3, 0.4) is 0 Å². The van der Waals surface area contributed by atoms with Gasteiger partial charge in [-0.15, -0.1) is 11.3 Å². The largest absolute Gasteiger partial charge is 0.465 e. The number of carbonyl (C=O) groups excluding carboxylic acids is 1. The Bertz CT molecular complexity index is 850. The molecule has 1 amide bonds. The number of thiophene rings is 1. The number of amides is 1. The Balaban J connectivity index is 1.67. The van der Waals surface area contributed by atoms with Crippen molar-refractivity contribution < 1.29 is 9.21 Å². The van der Waals surface area contributed by atoms with E-state index in [2.05, 4.69) is 10.5 Å². The van der Waals surface area contributed by atoms with Crippen molar-refractivity contribution in [1.29, 1.82) is 0 Å². The lowest BCUT2D eigenvalue weighted by Crippen LogP contribution is -2.16. The van der Waals surface area contributed by atoms with Gasteiger partial charge >= 0.3 is 0 Å². The van der Waals surface area contributed by atoms with E-state index in [9.17, 15) is 4.79 Å². The fourth-order valence-electron chi connectivity index (χ4n) is 1.87. The number of allylic oxidation sites excluding steroid dienone is 1. The van der Waals surface area contributed by atoms with Crippen LogP contribution in [0.25, 0.3) is 16.2 Å². The Morgan fingerprint density at radius 3 is 2.91 bits per heavy atom. The fraction of sp³-hybridized carbons (Fsp3) is 0. The number of benzene rings is 1. The SMILES string of the molecule is O=C(N/N=C/C=C/c1ccco1)c1sc2ccccc2c1Cl. The van der Waals surface area contributed by atoms with Crippen LogP contribution >= 0.6 is 22.9 Å². The van der Waals surface area contributed by atoms with E-state index in [1.54, 1.807) is 24.5 Å². The first-order valence-electron chi connectivity index (χ1n) is 6.46. The average molecular weight is 331 g/mol. The van der Waals surface area contributed by atoms with Crippen LogP contribution in [0.1, 0.15) is 15.4 Å². The highest BCUT2D eigenvalue weighted by atomic mass is 35.5. The first-order chi connectivity index (χ1) is 10.8. The minimum absolute atomic E-state index is 0.325. The average Bonchev–Trinajstić information content (AvgIpc) is 3.15. The molecule has 0 aliphatic carbocycles. The number of hydrogen-bond donors (Lipinski definition) is 1. The smallest absolute Gasteiger partial charge is 0.283 e. The van der Waals surface area contributed by atoms with Crippen LogP contribution in [0.5, 0.6) is 0 Å². The van der Waals surface area contributed by atoms with E-state index in [4.69, 9.17) is 16.0 Å². The molecule has 0 unspecified atom stereocenters. The minimum Gasteiger partial charge on any atom is -0.465 e. The molecule has 1 N–H and O–H groups in total. The van der Waals surface area contributed by atoms with Crippen LogP contribution in [-0.2, 0) is 0 Å². The Labute approximate surface area is 135 Å². The topological polar surface area (TPSA) is 54.6 Å². The molecule has 2 heterocycles. The predicted molar refractivity (Wildman–Crippen MR) is 90.5 cm³/mol. The molecule has 6 heteroatoms. The third-order valence-electron chi connectivity index (χ3n) is 2.87. The van der Waals surface area contributed by atoms with Gasteiger partial charge < -0.3 is 4.42 Å². The molecule has 0 saturated carbocycles. The number of carbonyl (C=O) groups is 1. The second-order valence-electron chi connectivity index (χ2n) is 4.33. The van der Waals surface area contributed by atoms with Gasteiger partial charge in [-0.1, -0.05) is 29.8 Å². The van der Waals surface area contributed by atoms with Gasteiger partial charge in [-0.05, 0) is 30.4 Å². The summed E-state index contributed by atoms with van der Waals surface area (Å²) in [6.07, 6.45) is 6.47. The highest BCUT2D eigenvalue weighted by molar-refractivity contribution is 7.21. The minimum atomic E-state index is -0.325. The summed E-state index contributed by atoms with van der Waals surface area (Å²) in [5.74, 6) is 0.388. The number of hydrazone groups is 1. The second kappa shape index (κ2) is 6.60. The highest BCUT2D eigenvalue weighted by Crippen LogP contribution is 2.34. The predicted octanol–water partition coefficient (Wildman–Crippen LogP) is 4.58. The second-order valence-corrected chi connectivity index (χ2v) is 5.77. The van der Waals surface area contributed by atoms with Crippen molar-refractivity contribution in [2.24, 2.45) is 5.10 Å². The van der Waals surface area contributed by atoms with Gasteiger partial charge in [0.15, 0.2) is 0 Å². The van der Waals surface area contributed by atoms with Crippen LogP contribution < -0.4 is 5.43 Å². The zero-order valence-electron chi connectivity index (χ0n) is 11.3. The molecule has 22 heavy (non-hydrogen) atoms. The summed E-state index contributed by atoms with van der Waals surface area (Å²) < 4.78 is 6.10. The maximum absolute atomic E-state index is 12.1. The number of rotatable bonds is 4. The van der Waals surface area contributed by atoms with E-state index in [-0.39, 0.29) is 5.91 Å². The highest BCUT2D eigenvalue weighted by Gasteiger charge is 2.16. The summed E-state index contributed by atoms with van der Waals surface area (Å²) in [7, 11) is 0. The van der Waals surface area contributed by atoms with Crippen molar-refractivity contribution in [3.8, 4) is 0 Å². The van der Waals surface area contributed by atoms with Crippen LogP contribution in [0.4, 0.5) is 0 Å². The summed E-state index contributed by atoms with van der Waals surface area (Å²) in [4.78, 5) is 12.5. The molecule has 0 aliphatic rings. The van der Waals surface area contributed by atoms with E-state index in [0.717, 1.165) is 10.1 Å². The van der Waals surface area contributed by atoms with Crippen molar-refractivity contribution in [3.63, 3.8) is 0 Å². The Morgan fingerprint density at radius 2 is 2.14 bits per heavy atom. The molecule has 110 valence electrons. The molecule has 0 saturated heterocycles. The third kappa shape index (κ3) is 3.10. The maximum atomic E-state index is 12.1. The van der Waals surface area contributed by atoms with Crippen molar-refractivity contribution in [3.05, 3.63) is 64.4 Å². The maximum Gasteiger partial charge on any atom is 0.283 e. The van der Waals surface area contributed by atoms with E-state index in [0.29, 0.717) is 15.7 Å². The van der Waals surface area contributed by atoms with Crippen molar-refractivity contribution in [1.82, 2.24) is 5.43 Å². The Kier molecular flexibility index (Phi) is 4.37. The van der Waals surface area contributed by atoms with Crippen LogP contribution in [0, 0.1) is 0 Å². The van der Waals surface area contributed by atoms with Gasteiger partial charge in [-0.3, -0.25) is 4.79 Å². The number of furan rings is 1. The Hall–Kier alpha value is -2.37. The number of hydrogen-bond acceptors (Lipinski definition) is 4. The molecular formula is C16H11ClN2O2S. The normalized spacial score (nSPS) is 11.7. The summed E-state index contributed by atoms with van der Waals surface area (Å²) in [5.41, 5.74) is 2.46. The zero-order valence-corrected chi connectivity index (χ0v) is 12.9. The molecule has 0 bridgehead atoms. The van der Waals surface area contributed by atoms with Gasteiger partial charge in [-0.2, -0.15) is 5.10 Å². The molecule has 2 aromatic heterocycles. The van der Waals surface area contributed by atoms with Gasteiger partial charge in [-0.25, -0.2) is 5.43 Å². The molecule has 0 radical (unpaired) electrons. The summed E-state index contributed by atoms with van der Waals surface area (Å²) in [5, 5.41) is 5.19. The van der Waals surface area contributed by atoms with E-state index in [1.807, 2.05) is 30.3 Å². The molecule has 1 aromatic carbocycles. The number of nitrogens with zero attached hydrogens (tertiary/aromatic N) is 1. The van der Waals surface area contributed by atoms with E-state index >= 15 is 0 Å². The monoisotopic (exact) mass is 330 g/mol. The number of nitrogens with one attached hydrogen (secondary N) is 1. The first-order valence-corrected chi connectivity index (χ1v) is 7.66. The fourth-order valence-corrected chi connectivity index (χ4v) is 3.28. The third-order valence-corrected chi connectivity index (χ3v) is 4.55.